The summed E-state index contributed by atoms with van der Waals surface area (Å²) >= 11 is 0. The van der Waals surface area contributed by atoms with E-state index in [0.29, 0.717) is 13.1 Å². The first-order valence-corrected chi connectivity index (χ1v) is 6.84. The van der Waals surface area contributed by atoms with Gasteiger partial charge in [-0.05, 0) is 18.5 Å². The van der Waals surface area contributed by atoms with Gasteiger partial charge in [-0.25, -0.2) is 13.6 Å². The van der Waals surface area contributed by atoms with E-state index in [-0.39, 0.29) is 11.2 Å². The standard InChI is InChI=1S/C9H23N3O2S/c1-4-12(5-6-15(11,13)14)8-9(2,3)7-10/h4-8,10H2,1-3H3,(H2,11,13,14). The van der Waals surface area contributed by atoms with Crippen LogP contribution in [0.2, 0.25) is 0 Å². The van der Waals surface area contributed by atoms with Crippen LogP contribution >= 0.6 is 0 Å². The maximum Gasteiger partial charge on any atom is 0.210 e. The minimum atomic E-state index is -3.36. The minimum Gasteiger partial charge on any atom is -0.330 e. The molecule has 0 saturated heterocycles. The molecule has 5 nitrogen and oxygen atoms in total. The topological polar surface area (TPSA) is 89.4 Å². The van der Waals surface area contributed by atoms with Gasteiger partial charge in [-0.15, -0.1) is 0 Å². The van der Waals surface area contributed by atoms with Crippen LogP contribution < -0.4 is 10.9 Å². The molecule has 0 radical (unpaired) electrons. The first-order chi connectivity index (χ1) is 6.70. The Labute approximate surface area is 92.9 Å². The molecule has 0 aliphatic heterocycles. The fourth-order valence-corrected chi connectivity index (χ4v) is 1.79. The molecule has 0 bridgehead atoms. The predicted molar refractivity (Wildman–Crippen MR) is 62.9 cm³/mol. The Morgan fingerprint density at radius 1 is 1.33 bits per heavy atom. The summed E-state index contributed by atoms with van der Waals surface area (Å²) in [7, 11) is -3.36. The number of sulfonamides is 1. The maximum absolute atomic E-state index is 10.8. The molecule has 4 N–H and O–H groups in total. The van der Waals surface area contributed by atoms with Crippen LogP contribution in [-0.2, 0) is 10.0 Å². The van der Waals surface area contributed by atoms with Crippen molar-refractivity contribution < 1.29 is 8.42 Å². The lowest BCUT2D eigenvalue weighted by atomic mass is 9.93. The lowest BCUT2D eigenvalue weighted by Gasteiger charge is -2.30. The molecule has 6 heteroatoms. The lowest BCUT2D eigenvalue weighted by Crippen LogP contribution is -2.41. The lowest BCUT2D eigenvalue weighted by molar-refractivity contribution is 0.199. The summed E-state index contributed by atoms with van der Waals surface area (Å²) in [4.78, 5) is 2.05. The minimum absolute atomic E-state index is 0.00148. The summed E-state index contributed by atoms with van der Waals surface area (Å²) < 4.78 is 21.6. The highest BCUT2D eigenvalue weighted by molar-refractivity contribution is 7.89. The third-order valence-electron chi connectivity index (χ3n) is 2.34. The van der Waals surface area contributed by atoms with Crippen LogP contribution in [0.25, 0.3) is 0 Å². The third-order valence-corrected chi connectivity index (χ3v) is 3.10. The van der Waals surface area contributed by atoms with Crippen LogP contribution in [0.1, 0.15) is 20.8 Å². The highest BCUT2D eigenvalue weighted by Crippen LogP contribution is 2.14. The zero-order valence-corrected chi connectivity index (χ0v) is 10.7. The Morgan fingerprint density at radius 3 is 2.20 bits per heavy atom. The van der Waals surface area contributed by atoms with Gasteiger partial charge in [0.2, 0.25) is 10.0 Å². The Hall–Kier alpha value is -0.170. The number of hydrogen-bond acceptors (Lipinski definition) is 4. The van der Waals surface area contributed by atoms with Crippen LogP contribution in [0, 0.1) is 5.41 Å². The third kappa shape index (κ3) is 7.72. The summed E-state index contributed by atoms with van der Waals surface area (Å²) in [6.07, 6.45) is 0. The van der Waals surface area contributed by atoms with Crippen molar-refractivity contribution in [3.63, 3.8) is 0 Å². The SMILES string of the molecule is CCN(CCS(N)(=O)=O)CC(C)(C)CN. The number of nitrogens with two attached hydrogens (primary N) is 2. The molecule has 0 unspecified atom stereocenters. The molecular weight excluding hydrogens is 214 g/mol. The second-order valence-electron chi connectivity index (χ2n) is 4.60. The van der Waals surface area contributed by atoms with Gasteiger partial charge < -0.3 is 10.6 Å². The fraction of sp³-hybridized carbons (Fsp3) is 1.00. The molecule has 0 heterocycles. The Morgan fingerprint density at radius 2 is 1.87 bits per heavy atom. The number of rotatable bonds is 7. The van der Waals surface area contributed by atoms with Crippen LogP contribution in [0.15, 0.2) is 0 Å². The normalized spacial score (nSPS) is 13.5. The van der Waals surface area contributed by atoms with Crippen molar-refractivity contribution in [3.05, 3.63) is 0 Å². The Bertz CT molecular complexity index is 275. The number of nitrogens with zero attached hydrogens (tertiary/aromatic N) is 1. The Balaban J connectivity index is 4.16. The zero-order valence-electron chi connectivity index (χ0n) is 9.86. The van der Waals surface area contributed by atoms with Gasteiger partial charge >= 0.3 is 0 Å². The Kier molecular flexibility index (Phi) is 5.72. The van der Waals surface area contributed by atoms with E-state index in [2.05, 4.69) is 18.7 Å². The molecule has 0 aromatic heterocycles. The fourth-order valence-electron chi connectivity index (χ4n) is 1.28. The quantitative estimate of drug-likeness (QED) is 0.629. The summed E-state index contributed by atoms with van der Waals surface area (Å²) in [5.41, 5.74) is 5.63. The largest absolute Gasteiger partial charge is 0.330 e. The molecule has 0 spiro atoms. The van der Waals surface area contributed by atoms with Crippen molar-refractivity contribution in [3.8, 4) is 0 Å². The van der Waals surface area contributed by atoms with E-state index in [1.807, 2.05) is 6.92 Å². The van der Waals surface area contributed by atoms with Gasteiger partial charge in [-0.1, -0.05) is 20.8 Å². The summed E-state index contributed by atoms with van der Waals surface area (Å²) in [6, 6.07) is 0. The molecule has 0 aromatic rings. The highest BCUT2D eigenvalue weighted by atomic mass is 32.2. The van der Waals surface area contributed by atoms with Gasteiger partial charge in [0.1, 0.15) is 0 Å². The van der Waals surface area contributed by atoms with E-state index in [1.54, 1.807) is 0 Å². The first-order valence-electron chi connectivity index (χ1n) is 5.13. The van der Waals surface area contributed by atoms with Gasteiger partial charge in [0.05, 0.1) is 5.75 Å². The maximum atomic E-state index is 10.8. The molecular formula is C9H23N3O2S. The van der Waals surface area contributed by atoms with E-state index in [9.17, 15) is 8.42 Å². The van der Waals surface area contributed by atoms with Gasteiger partial charge in [0, 0.05) is 13.1 Å². The summed E-state index contributed by atoms with van der Waals surface area (Å²) in [5, 5.41) is 4.96. The second kappa shape index (κ2) is 5.79. The first kappa shape index (κ1) is 14.8. The average molecular weight is 237 g/mol. The van der Waals surface area contributed by atoms with Crippen LogP contribution in [0.3, 0.4) is 0 Å². The van der Waals surface area contributed by atoms with Crippen molar-refractivity contribution >= 4 is 10.0 Å². The summed E-state index contributed by atoms with van der Waals surface area (Å²) in [6.45, 7) is 8.76. The van der Waals surface area contributed by atoms with Crippen LogP contribution in [0.5, 0.6) is 0 Å². The van der Waals surface area contributed by atoms with E-state index in [1.165, 1.54) is 0 Å². The van der Waals surface area contributed by atoms with Crippen LogP contribution in [0.4, 0.5) is 0 Å². The molecule has 0 fully saturated rings. The summed E-state index contributed by atoms with van der Waals surface area (Å²) in [5.74, 6) is 0.00148. The van der Waals surface area contributed by atoms with E-state index in [4.69, 9.17) is 10.9 Å². The molecule has 0 aromatic carbocycles. The number of primary sulfonamides is 1. The van der Waals surface area contributed by atoms with Gasteiger partial charge in [0.25, 0.3) is 0 Å². The predicted octanol–water partition coefficient (Wildman–Crippen LogP) is -0.418. The monoisotopic (exact) mass is 237 g/mol. The van der Waals surface area contributed by atoms with E-state index < -0.39 is 10.0 Å². The van der Waals surface area contributed by atoms with Crippen molar-refractivity contribution in [1.29, 1.82) is 0 Å². The van der Waals surface area contributed by atoms with Gasteiger partial charge in [-0.2, -0.15) is 0 Å². The second-order valence-corrected chi connectivity index (χ2v) is 6.34. The van der Waals surface area contributed by atoms with Crippen molar-refractivity contribution in [1.82, 2.24) is 4.90 Å². The molecule has 15 heavy (non-hydrogen) atoms. The molecule has 92 valence electrons. The number of hydrogen-bond donors (Lipinski definition) is 2. The van der Waals surface area contributed by atoms with E-state index in [0.717, 1.165) is 13.1 Å². The molecule has 0 aliphatic carbocycles. The highest BCUT2D eigenvalue weighted by Gasteiger charge is 2.19. The zero-order chi connectivity index (χ0) is 12.1. The smallest absolute Gasteiger partial charge is 0.210 e. The van der Waals surface area contributed by atoms with Crippen LogP contribution in [-0.4, -0.2) is 45.2 Å². The molecule has 0 atom stereocenters. The molecule has 0 saturated carbocycles. The molecule has 0 aliphatic rings. The van der Waals surface area contributed by atoms with E-state index >= 15 is 0 Å². The van der Waals surface area contributed by atoms with Gasteiger partial charge in [-0.3, -0.25) is 0 Å². The molecule has 0 amide bonds. The van der Waals surface area contributed by atoms with Gasteiger partial charge in [0.15, 0.2) is 0 Å². The molecule has 0 rings (SSSR count). The average Bonchev–Trinajstić information content (AvgIpc) is 2.11. The van der Waals surface area contributed by atoms with Crippen molar-refractivity contribution in [2.24, 2.45) is 16.3 Å². The van der Waals surface area contributed by atoms with Crippen molar-refractivity contribution in [2.45, 2.75) is 20.8 Å². The van der Waals surface area contributed by atoms with Crippen molar-refractivity contribution in [2.75, 3.05) is 31.9 Å².